The van der Waals surface area contributed by atoms with E-state index < -0.39 is 23.2 Å². The first kappa shape index (κ1) is 17.5. The van der Waals surface area contributed by atoms with Crippen molar-refractivity contribution in [3.8, 4) is 5.75 Å². The standard InChI is InChI=1S/C19H14ClFN2O4/c1-26-16-7-6-11(20)8-15(16)23-17(24)10-19(18(23)25)9-14(22-27-19)12-4-2-3-5-13(12)21/h2-8H,9-10H2,1H3. The van der Waals surface area contributed by atoms with Crippen LogP contribution in [0, 0.1) is 5.82 Å². The molecule has 2 amide bonds. The maximum absolute atomic E-state index is 14.0. The maximum atomic E-state index is 14.0. The molecule has 2 heterocycles. The van der Waals surface area contributed by atoms with Gasteiger partial charge in [-0.25, -0.2) is 9.29 Å². The van der Waals surface area contributed by atoms with Crippen molar-refractivity contribution in [3.63, 3.8) is 0 Å². The van der Waals surface area contributed by atoms with Gasteiger partial charge in [-0.15, -0.1) is 0 Å². The van der Waals surface area contributed by atoms with Crippen molar-refractivity contribution in [1.82, 2.24) is 0 Å². The highest BCUT2D eigenvalue weighted by molar-refractivity contribution is 6.32. The van der Waals surface area contributed by atoms with Gasteiger partial charge in [-0.2, -0.15) is 0 Å². The topological polar surface area (TPSA) is 68.2 Å². The fraction of sp³-hybridized carbons (Fsp3) is 0.211. The molecule has 0 aliphatic carbocycles. The summed E-state index contributed by atoms with van der Waals surface area (Å²) in [5, 5.41) is 4.24. The zero-order valence-electron chi connectivity index (χ0n) is 14.2. The van der Waals surface area contributed by atoms with Gasteiger partial charge >= 0.3 is 0 Å². The van der Waals surface area contributed by atoms with Crippen LogP contribution in [0.2, 0.25) is 5.02 Å². The minimum Gasteiger partial charge on any atom is -0.495 e. The van der Waals surface area contributed by atoms with Gasteiger partial charge < -0.3 is 9.57 Å². The number of hydrogen-bond acceptors (Lipinski definition) is 5. The van der Waals surface area contributed by atoms with Crippen LogP contribution in [0.15, 0.2) is 47.6 Å². The molecule has 2 aliphatic rings. The van der Waals surface area contributed by atoms with Crippen LogP contribution in [0.1, 0.15) is 18.4 Å². The highest BCUT2D eigenvalue weighted by atomic mass is 35.5. The van der Waals surface area contributed by atoms with Crippen LogP contribution in [0.3, 0.4) is 0 Å². The summed E-state index contributed by atoms with van der Waals surface area (Å²) in [4.78, 5) is 32.1. The van der Waals surface area contributed by atoms with E-state index in [1.807, 2.05) is 0 Å². The summed E-state index contributed by atoms with van der Waals surface area (Å²) in [6.45, 7) is 0. The number of methoxy groups -OCH3 is 1. The average molecular weight is 389 g/mol. The molecule has 1 saturated heterocycles. The quantitative estimate of drug-likeness (QED) is 0.756. The molecule has 0 saturated carbocycles. The molecule has 1 fully saturated rings. The molecule has 0 bridgehead atoms. The van der Waals surface area contributed by atoms with E-state index in [1.165, 1.54) is 19.2 Å². The van der Waals surface area contributed by atoms with Crippen molar-refractivity contribution in [2.24, 2.45) is 5.16 Å². The molecule has 1 atom stereocenters. The lowest BCUT2D eigenvalue weighted by atomic mass is 9.92. The lowest BCUT2D eigenvalue weighted by Gasteiger charge is -2.21. The van der Waals surface area contributed by atoms with E-state index in [9.17, 15) is 14.0 Å². The summed E-state index contributed by atoms with van der Waals surface area (Å²) in [5.74, 6) is -1.19. The van der Waals surface area contributed by atoms with Crippen LogP contribution in [0.4, 0.5) is 10.1 Å². The number of benzene rings is 2. The number of hydrogen-bond donors (Lipinski definition) is 0. The number of anilines is 1. The molecule has 2 aromatic carbocycles. The summed E-state index contributed by atoms with van der Waals surface area (Å²) >= 11 is 6.02. The smallest absolute Gasteiger partial charge is 0.281 e. The summed E-state index contributed by atoms with van der Waals surface area (Å²) in [6.07, 6.45) is -0.207. The van der Waals surface area contributed by atoms with E-state index in [0.717, 1.165) is 4.90 Å². The first-order valence-electron chi connectivity index (χ1n) is 8.16. The zero-order chi connectivity index (χ0) is 19.2. The third kappa shape index (κ3) is 2.75. The van der Waals surface area contributed by atoms with Gasteiger partial charge in [-0.3, -0.25) is 9.59 Å². The van der Waals surface area contributed by atoms with Crippen molar-refractivity contribution in [2.45, 2.75) is 18.4 Å². The average Bonchev–Trinajstić information content (AvgIpc) is 3.17. The molecule has 0 aromatic heterocycles. The summed E-state index contributed by atoms with van der Waals surface area (Å²) < 4.78 is 19.3. The number of rotatable bonds is 3. The molecular weight excluding hydrogens is 375 g/mol. The molecule has 138 valence electrons. The summed E-state index contributed by atoms with van der Waals surface area (Å²) in [7, 11) is 1.43. The number of carbonyl (C=O) groups excluding carboxylic acids is 2. The predicted octanol–water partition coefficient (Wildman–Crippen LogP) is 3.31. The second-order valence-corrected chi connectivity index (χ2v) is 6.74. The van der Waals surface area contributed by atoms with Gasteiger partial charge in [0.15, 0.2) is 0 Å². The van der Waals surface area contributed by atoms with E-state index in [1.54, 1.807) is 30.3 Å². The van der Waals surface area contributed by atoms with Gasteiger partial charge in [0.1, 0.15) is 11.6 Å². The Labute approximate surface area is 159 Å². The second kappa shape index (κ2) is 6.35. The Kier molecular flexibility index (Phi) is 4.11. The Hall–Kier alpha value is -2.93. The Morgan fingerprint density at radius 3 is 2.74 bits per heavy atom. The number of halogens is 2. The summed E-state index contributed by atoms with van der Waals surface area (Å²) in [5.41, 5.74) is -0.718. The van der Waals surface area contributed by atoms with Gasteiger partial charge in [0.25, 0.3) is 5.91 Å². The molecule has 8 heteroatoms. The Bertz CT molecular complexity index is 993. The van der Waals surface area contributed by atoms with Crippen LogP contribution < -0.4 is 9.64 Å². The van der Waals surface area contributed by atoms with E-state index in [-0.39, 0.29) is 29.8 Å². The van der Waals surface area contributed by atoms with Gasteiger partial charge in [0.05, 0.1) is 24.9 Å². The summed E-state index contributed by atoms with van der Waals surface area (Å²) in [6, 6.07) is 10.7. The van der Waals surface area contributed by atoms with E-state index in [4.69, 9.17) is 21.2 Å². The number of carbonyl (C=O) groups is 2. The van der Waals surface area contributed by atoms with Crippen LogP contribution >= 0.6 is 11.6 Å². The SMILES string of the molecule is COc1ccc(Cl)cc1N1C(=O)CC2(CC(c3ccccc3F)=NO2)C1=O. The molecule has 27 heavy (non-hydrogen) atoms. The van der Waals surface area contributed by atoms with Gasteiger partial charge in [-0.1, -0.05) is 35.0 Å². The Morgan fingerprint density at radius 1 is 1.22 bits per heavy atom. The Morgan fingerprint density at radius 2 is 2.00 bits per heavy atom. The van der Waals surface area contributed by atoms with Gasteiger partial charge in [-0.05, 0) is 24.3 Å². The van der Waals surface area contributed by atoms with E-state index in [2.05, 4.69) is 5.16 Å². The molecule has 0 radical (unpaired) electrons. The maximum Gasteiger partial charge on any atom is 0.281 e. The lowest BCUT2D eigenvalue weighted by molar-refractivity contribution is -0.136. The minimum atomic E-state index is -1.48. The lowest BCUT2D eigenvalue weighted by Crippen LogP contribution is -2.41. The molecular formula is C19H14ClFN2O4. The number of nitrogens with zero attached hydrogens (tertiary/aromatic N) is 2. The van der Waals surface area contributed by atoms with Crippen LogP contribution in [0.25, 0.3) is 0 Å². The van der Waals surface area contributed by atoms with E-state index >= 15 is 0 Å². The van der Waals surface area contributed by atoms with Crippen LogP contribution in [-0.4, -0.2) is 30.2 Å². The molecule has 2 aliphatic heterocycles. The minimum absolute atomic E-state index is 0.00210. The largest absolute Gasteiger partial charge is 0.495 e. The fourth-order valence-corrected chi connectivity index (χ4v) is 3.49. The highest BCUT2D eigenvalue weighted by Crippen LogP contribution is 2.42. The van der Waals surface area contributed by atoms with Crippen molar-refractivity contribution in [2.75, 3.05) is 12.0 Å². The normalized spacial score (nSPS) is 21.6. The number of oxime groups is 1. The zero-order valence-corrected chi connectivity index (χ0v) is 15.0. The third-order valence-electron chi connectivity index (χ3n) is 4.63. The monoisotopic (exact) mass is 388 g/mol. The van der Waals surface area contributed by atoms with E-state index in [0.29, 0.717) is 10.8 Å². The first-order chi connectivity index (χ1) is 12.9. The van der Waals surface area contributed by atoms with Crippen molar-refractivity contribution >= 4 is 34.8 Å². The van der Waals surface area contributed by atoms with Gasteiger partial charge in [0.2, 0.25) is 11.5 Å². The first-order valence-corrected chi connectivity index (χ1v) is 8.54. The molecule has 6 nitrogen and oxygen atoms in total. The predicted molar refractivity (Wildman–Crippen MR) is 96.5 cm³/mol. The molecule has 0 N–H and O–H groups in total. The van der Waals surface area contributed by atoms with Crippen molar-refractivity contribution in [1.29, 1.82) is 0 Å². The second-order valence-electron chi connectivity index (χ2n) is 6.31. The number of imide groups is 1. The highest BCUT2D eigenvalue weighted by Gasteiger charge is 2.58. The van der Waals surface area contributed by atoms with Crippen molar-refractivity contribution < 1.29 is 23.6 Å². The van der Waals surface area contributed by atoms with Crippen LogP contribution in [0.5, 0.6) is 5.75 Å². The molecule has 2 aromatic rings. The van der Waals surface area contributed by atoms with Gasteiger partial charge in [0, 0.05) is 17.0 Å². The number of amides is 2. The fourth-order valence-electron chi connectivity index (χ4n) is 3.32. The number of ether oxygens (including phenoxy) is 1. The molecule has 4 rings (SSSR count). The molecule has 1 unspecified atom stereocenters. The Balaban J connectivity index is 1.67. The third-order valence-corrected chi connectivity index (χ3v) is 4.86. The van der Waals surface area contributed by atoms with Crippen LogP contribution in [-0.2, 0) is 14.4 Å². The van der Waals surface area contributed by atoms with Crippen molar-refractivity contribution in [3.05, 3.63) is 58.9 Å². The molecule has 1 spiro atoms.